The van der Waals surface area contributed by atoms with Crippen LogP contribution in [-0.4, -0.2) is 13.2 Å². The van der Waals surface area contributed by atoms with Crippen LogP contribution in [0.25, 0.3) is 0 Å². The second-order valence-electron chi connectivity index (χ2n) is 3.08. The molecule has 3 heteroatoms. The predicted molar refractivity (Wildman–Crippen MR) is 55.1 cm³/mol. The zero-order chi connectivity index (χ0) is 10.4. The topological polar surface area (TPSA) is 59.0 Å². The Labute approximate surface area is 84.1 Å². The van der Waals surface area contributed by atoms with Crippen molar-refractivity contribution in [2.24, 2.45) is 5.73 Å². The summed E-state index contributed by atoms with van der Waals surface area (Å²) >= 11 is 0. The van der Waals surface area contributed by atoms with Gasteiger partial charge in [0, 0.05) is 0 Å². The summed E-state index contributed by atoms with van der Waals surface area (Å²) in [6, 6.07) is 7.48. The Bertz CT molecular complexity index is 342. The minimum Gasteiger partial charge on any atom is -0.493 e. The van der Waals surface area contributed by atoms with E-state index in [1.807, 2.05) is 19.1 Å². The lowest BCUT2D eigenvalue weighted by Crippen LogP contribution is -2.06. The molecule has 0 bridgehead atoms. The molecule has 3 nitrogen and oxygen atoms in total. The van der Waals surface area contributed by atoms with Crippen molar-refractivity contribution < 1.29 is 4.74 Å². The van der Waals surface area contributed by atoms with Crippen molar-refractivity contribution in [3.63, 3.8) is 0 Å². The monoisotopic (exact) mass is 190 g/mol. The summed E-state index contributed by atoms with van der Waals surface area (Å²) in [5.41, 5.74) is 7.00. The summed E-state index contributed by atoms with van der Waals surface area (Å²) in [4.78, 5) is 0. The lowest BCUT2D eigenvalue weighted by Gasteiger charge is -2.08. The van der Waals surface area contributed by atoms with E-state index in [0.717, 1.165) is 17.7 Å². The third kappa shape index (κ3) is 2.75. The summed E-state index contributed by atoms with van der Waals surface area (Å²) in [7, 11) is 0. The van der Waals surface area contributed by atoms with E-state index < -0.39 is 0 Å². The van der Waals surface area contributed by atoms with Crippen LogP contribution in [-0.2, 0) is 0 Å². The molecule has 1 aromatic carbocycles. The number of nitrogens with two attached hydrogens (primary N) is 1. The molecule has 0 radical (unpaired) electrons. The Kier molecular flexibility index (Phi) is 3.96. The SMILES string of the molecule is Cc1cc(C#N)ccc1OCCCN. The second-order valence-corrected chi connectivity index (χ2v) is 3.08. The van der Waals surface area contributed by atoms with Gasteiger partial charge in [-0.05, 0) is 43.7 Å². The Balaban J connectivity index is 2.65. The van der Waals surface area contributed by atoms with E-state index in [1.54, 1.807) is 6.07 Å². The molecular weight excluding hydrogens is 176 g/mol. The Morgan fingerprint density at radius 3 is 2.86 bits per heavy atom. The number of benzene rings is 1. The number of hydrogen-bond acceptors (Lipinski definition) is 3. The van der Waals surface area contributed by atoms with E-state index in [2.05, 4.69) is 6.07 Å². The van der Waals surface area contributed by atoms with Gasteiger partial charge in [-0.25, -0.2) is 0 Å². The van der Waals surface area contributed by atoms with E-state index in [0.29, 0.717) is 18.7 Å². The molecule has 0 atom stereocenters. The van der Waals surface area contributed by atoms with Crippen LogP contribution in [0.1, 0.15) is 17.5 Å². The van der Waals surface area contributed by atoms with Gasteiger partial charge in [0.2, 0.25) is 0 Å². The summed E-state index contributed by atoms with van der Waals surface area (Å²) in [5, 5.41) is 8.66. The van der Waals surface area contributed by atoms with Crippen molar-refractivity contribution in [2.45, 2.75) is 13.3 Å². The van der Waals surface area contributed by atoms with Gasteiger partial charge in [-0.1, -0.05) is 0 Å². The number of ether oxygens (including phenoxy) is 1. The summed E-state index contributed by atoms with van der Waals surface area (Å²) in [6.45, 7) is 3.19. The second kappa shape index (κ2) is 5.25. The van der Waals surface area contributed by atoms with Gasteiger partial charge in [0.1, 0.15) is 5.75 Å². The molecule has 0 aliphatic heterocycles. The van der Waals surface area contributed by atoms with Crippen LogP contribution in [0, 0.1) is 18.3 Å². The summed E-state index contributed by atoms with van der Waals surface area (Å²) in [6.07, 6.45) is 0.847. The zero-order valence-corrected chi connectivity index (χ0v) is 8.29. The van der Waals surface area contributed by atoms with Gasteiger partial charge >= 0.3 is 0 Å². The highest BCUT2D eigenvalue weighted by atomic mass is 16.5. The average molecular weight is 190 g/mol. The molecule has 0 unspecified atom stereocenters. The van der Waals surface area contributed by atoms with Gasteiger partial charge in [0.05, 0.1) is 18.2 Å². The normalized spacial score (nSPS) is 9.50. The van der Waals surface area contributed by atoms with Crippen molar-refractivity contribution in [3.8, 4) is 11.8 Å². The number of aryl methyl sites for hydroxylation is 1. The van der Waals surface area contributed by atoms with Crippen molar-refractivity contribution in [3.05, 3.63) is 29.3 Å². The van der Waals surface area contributed by atoms with Crippen LogP contribution >= 0.6 is 0 Å². The Hall–Kier alpha value is -1.53. The highest BCUT2D eigenvalue weighted by Gasteiger charge is 2.00. The van der Waals surface area contributed by atoms with Crippen LogP contribution < -0.4 is 10.5 Å². The van der Waals surface area contributed by atoms with E-state index in [-0.39, 0.29) is 0 Å². The molecule has 2 N–H and O–H groups in total. The highest BCUT2D eigenvalue weighted by Crippen LogP contribution is 2.18. The van der Waals surface area contributed by atoms with Crippen LogP contribution in [0.15, 0.2) is 18.2 Å². The zero-order valence-electron chi connectivity index (χ0n) is 8.29. The predicted octanol–water partition coefficient (Wildman–Crippen LogP) is 1.59. The fraction of sp³-hybridized carbons (Fsp3) is 0.364. The minimum atomic E-state index is 0.628. The summed E-state index contributed by atoms with van der Waals surface area (Å²) in [5.74, 6) is 0.831. The van der Waals surface area contributed by atoms with Crippen LogP contribution in [0.3, 0.4) is 0 Å². The van der Waals surface area contributed by atoms with Crippen LogP contribution in [0.4, 0.5) is 0 Å². The molecule has 0 saturated heterocycles. The van der Waals surface area contributed by atoms with Crippen LogP contribution in [0.2, 0.25) is 0 Å². The first kappa shape index (κ1) is 10.6. The standard InChI is InChI=1S/C11H14N2O/c1-9-7-10(8-13)3-4-11(9)14-6-2-5-12/h3-4,7H,2,5-6,12H2,1H3. The van der Waals surface area contributed by atoms with Gasteiger partial charge < -0.3 is 10.5 Å². The maximum absolute atomic E-state index is 8.66. The number of hydrogen-bond donors (Lipinski definition) is 1. The molecular formula is C11H14N2O. The van der Waals surface area contributed by atoms with Crippen molar-refractivity contribution >= 4 is 0 Å². The molecule has 0 saturated carbocycles. The van der Waals surface area contributed by atoms with E-state index >= 15 is 0 Å². The van der Waals surface area contributed by atoms with Crippen LogP contribution in [0.5, 0.6) is 5.75 Å². The first-order valence-corrected chi connectivity index (χ1v) is 4.61. The number of nitrogens with zero attached hydrogens (tertiary/aromatic N) is 1. The molecule has 0 fully saturated rings. The van der Waals surface area contributed by atoms with Gasteiger partial charge in [0.25, 0.3) is 0 Å². The van der Waals surface area contributed by atoms with Gasteiger partial charge in [0.15, 0.2) is 0 Å². The van der Waals surface area contributed by atoms with Gasteiger partial charge in [-0.15, -0.1) is 0 Å². The fourth-order valence-corrected chi connectivity index (χ4v) is 1.15. The van der Waals surface area contributed by atoms with E-state index in [1.165, 1.54) is 0 Å². The molecule has 0 aliphatic carbocycles. The molecule has 1 rings (SSSR count). The molecule has 0 amide bonds. The lowest BCUT2D eigenvalue weighted by molar-refractivity contribution is 0.311. The summed E-state index contributed by atoms with van der Waals surface area (Å²) < 4.78 is 5.49. The Morgan fingerprint density at radius 2 is 2.29 bits per heavy atom. The fourth-order valence-electron chi connectivity index (χ4n) is 1.15. The first-order chi connectivity index (χ1) is 6.77. The third-order valence-corrected chi connectivity index (χ3v) is 1.91. The lowest BCUT2D eigenvalue weighted by atomic mass is 10.1. The molecule has 14 heavy (non-hydrogen) atoms. The smallest absolute Gasteiger partial charge is 0.122 e. The molecule has 74 valence electrons. The average Bonchev–Trinajstić information content (AvgIpc) is 2.20. The quantitative estimate of drug-likeness (QED) is 0.733. The number of rotatable bonds is 4. The largest absolute Gasteiger partial charge is 0.493 e. The van der Waals surface area contributed by atoms with Crippen molar-refractivity contribution in [2.75, 3.05) is 13.2 Å². The Morgan fingerprint density at radius 1 is 1.50 bits per heavy atom. The highest BCUT2D eigenvalue weighted by molar-refractivity contribution is 5.41. The van der Waals surface area contributed by atoms with Gasteiger partial charge in [-0.3, -0.25) is 0 Å². The van der Waals surface area contributed by atoms with Gasteiger partial charge in [-0.2, -0.15) is 5.26 Å². The molecule has 1 aromatic rings. The minimum absolute atomic E-state index is 0.628. The van der Waals surface area contributed by atoms with E-state index in [4.69, 9.17) is 15.7 Å². The number of nitriles is 1. The molecule has 0 heterocycles. The maximum Gasteiger partial charge on any atom is 0.122 e. The van der Waals surface area contributed by atoms with Crippen molar-refractivity contribution in [1.82, 2.24) is 0 Å². The first-order valence-electron chi connectivity index (χ1n) is 4.61. The molecule has 0 aliphatic rings. The third-order valence-electron chi connectivity index (χ3n) is 1.91. The van der Waals surface area contributed by atoms with E-state index in [9.17, 15) is 0 Å². The molecule has 0 aromatic heterocycles. The van der Waals surface area contributed by atoms with Crippen molar-refractivity contribution in [1.29, 1.82) is 5.26 Å². The maximum atomic E-state index is 8.66. The molecule has 0 spiro atoms.